The number of amides is 3. The number of aryl methyl sites for hydroxylation is 6. The van der Waals surface area contributed by atoms with Crippen molar-refractivity contribution in [2.45, 2.75) is 207 Å². The first kappa shape index (κ1) is 120. The summed E-state index contributed by atoms with van der Waals surface area (Å²) in [5.41, 5.74) is 2.44. The second kappa shape index (κ2) is 61.7. The Labute approximate surface area is 838 Å². The van der Waals surface area contributed by atoms with Gasteiger partial charge in [-0.05, 0) is 190 Å². The van der Waals surface area contributed by atoms with Gasteiger partial charge in [-0.25, -0.2) is 0 Å². The van der Waals surface area contributed by atoms with Crippen LogP contribution in [0.2, 0.25) is 0 Å². The molecule has 144 heavy (non-hydrogen) atoms. The molecule has 0 aliphatic carbocycles. The minimum absolute atomic E-state index is 0.0145. The van der Waals surface area contributed by atoms with Crippen molar-refractivity contribution in [3.8, 4) is 69.0 Å². The van der Waals surface area contributed by atoms with Gasteiger partial charge >= 0.3 is 0 Å². The summed E-state index contributed by atoms with van der Waals surface area (Å²) in [6.45, 7) is 6.33. The molecule has 4 aromatic carbocycles. The van der Waals surface area contributed by atoms with Gasteiger partial charge in [0.05, 0.1) is 137 Å². The Morgan fingerprint density at radius 2 is 0.465 bits per heavy atom. The molecule has 3 aromatic heterocycles. The Bertz CT molecular complexity index is 5930. The maximum atomic E-state index is 14.0. The lowest BCUT2D eigenvalue weighted by Gasteiger charge is -2.19. The molecule has 3 amide bonds. The molecule has 808 valence electrons. The van der Waals surface area contributed by atoms with Crippen molar-refractivity contribution >= 4 is 94.3 Å². The number of carbonyl (C=O) groups excluding carboxylic acids is 4. The van der Waals surface area contributed by atoms with Gasteiger partial charge in [0, 0.05) is 86.5 Å². The molecule has 56 heteroatoms. The zero-order valence-corrected chi connectivity index (χ0v) is 86.4. The van der Waals surface area contributed by atoms with Crippen molar-refractivity contribution in [2.75, 3.05) is 139 Å². The van der Waals surface area contributed by atoms with Crippen LogP contribution in [-0.4, -0.2) is 298 Å². The van der Waals surface area contributed by atoms with Crippen molar-refractivity contribution in [2.24, 2.45) is 0 Å². The standard InChI is InChI=1S/C88H132N12O37S7/c1-4-7-29-73(101)66-55-74(127-38-13-10-26-70-63-98(95-92-70)33-16-30-89-86(102)67-57-76(126-36-8-5-2)84(136-46-24-53-143(120,121)122)79(60-67)131-43-21-50-140(111,112)113)82(135-40-15-12-28-72-65-100(97-94-72)35-18-31-90-87(103)68-58-77(129-41-19-48-138(105,106)107)83(134-37-9-6-3)78(59-68)130-42-20-49-139(108,109)110)75(56-66)128-39-14-11-27-71-64-99(96-93-71)34-17-32-91-88(104)69-61-80(132-44-22-51-141(114,115)116)85(137-47-25-54-144(123,124)125)81(62-69)133-45-23-52-142(117,118)119/h55-65H,4-54H2,1-3H3,(H,89,102)(H,90,103)(H,91,104)(H,105,106,107)(H,108,109,110)(H,111,112,113)(H,114,115,116)(H,117,118,119)(H,120,121,122)(H,123,124,125). The van der Waals surface area contributed by atoms with E-state index in [9.17, 15) is 110 Å². The third-order valence-corrected chi connectivity index (χ3v) is 26.2. The van der Waals surface area contributed by atoms with Crippen LogP contribution in [0.1, 0.15) is 227 Å². The Hall–Kier alpha value is -10.6. The first-order valence-corrected chi connectivity index (χ1v) is 58.6. The number of carbonyl (C=O) groups is 4. The number of benzene rings is 4. The van der Waals surface area contributed by atoms with Gasteiger partial charge in [0.2, 0.25) is 23.0 Å². The summed E-state index contributed by atoms with van der Waals surface area (Å²) in [4.78, 5) is 55.2. The van der Waals surface area contributed by atoms with E-state index in [1.807, 2.05) is 20.8 Å². The third-order valence-electron chi connectivity index (χ3n) is 20.6. The lowest BCUT2D eigenvalue weighted by Crippen LogP contribution is -2.25. The number of aromatic nitrogens is 9. The highest BCUT2D eigenvalue weighted by molar-refractivity contribution is 7.87. The smallest absolute Gasteiger partial charge is 0.264 e. The van der Waals surface area contributed by atoms with Crippen molar-refractivity contribution in [3.05, 3.63) is 106 Å². The van der Waals surface area contributed by atoms with Crippen LogP contribution in [0.25, 0.3) is 0 Å². The summed E-state index contributed by atoms with van der Waals surface area (Å²) in [5, 5.41) is 34.5. The van der Waals surface area contributed by atoms with E-state index >= 15 is 0 Å². The molecule has 0 aliphatic heterocycles. The first-order chi connectivity index (χ1) is 68.3. The summed E-state index contributed by atoms with van der Waals surface area (Å²) in [6.07, 6.45) is 14.4. The van der Waals surface area contributed by atoms with Crippen LogP contribution in [-0.2, 0) is 110 Å². The average Bonchev–Trinajstić information content (AvgIpc) is 1.16. The van der Waals surface area contributed by atoms with E-state index in [1.165, 1.54) is 36.4 Å². The van der Waals surface area contributed by atoms with Gasteiger partial charge in [0.15, 0.2) is 51.8 Å². The molecule has 7 aromatic rings. The van der Waals surface area contributed by atoms with Gasteiger partial charge in [0.1, 0.15) is 0 Å². The van der Waals surface area contributed by atoms with Gasteiger partial charge < -0.3 is 72.8 Å². The van der Waals surface area contributed by atoms with Crippen LogP contribution in [0.5, 0.6) is 69.0 Å². The highest BCUT2D eigenvalue weighted by Gasteiger charge is 2.27. The number of hydrogen-bond donors (Lipinski definition) is 10. The second-order valence-corrected chi connectivity index (χ2v) is 44.2. The van der Waals surface area contributed by atoms with Crippen LogP contribution >= 0.6 is 0 Å². The highest BCUT2D eigenvalue weighted by Crippen LogP contribution is 2.44. The van der Waals surface area contributed by atoms with Crippen LogP contribution in [0.15, 0.2) is 67.1 Å². The van der Waals surface area contributed by atoms with E-state index < -0.39 is 129 Å². The van der Waals surface area contributed by atoms with E-state index in [0.29, 0.717) is 139 Å². The number of rotatable bonds is 80. The van der Waals surface area contributed by atoms with E-state index in [0.717, 1.165) is 19.3 Å². The first-order valence-electron chi connectivity index (χ1n) is 47.3. The summed E-state index contributed by atoms with van der Waals surface area (Å²) in [5.74, 6) is -5.85. The molecule has 10 N–H and O–H groups in total. The number of ketones is 1. The van der Waals surface area contributed by atoms with Crippen LogP contribution in [0.4, 0.5) is 0 Å². The quantitative estimate of drug-likeness (QED) is 0.00970. The molecule has 7 rings (SSSR count). The SMILES string of the molecule is CCCCOc1cc(C(=O)NCCCn2cc(CCCCOc3cc(C(=O)CCCC)cc(OCCCCc4cn(CCCNC(=O)c5cc(OCCCS(=O)(=O)O)c(OCCCS(=O)(=O)O)c(OCCCS(=O)(=O)O)c5)nn4)c3OCCCCc3cn(CCCNC(=O)c4cc(OCCCS(=O)(=O)O)c(OCCCC)c(OCCCS(=O)(=O)O)c4)nn3)nn2)cc(OCCCS(=O)(=O)O)c1OCCCS(=O)(=O)O. The molecule has 0 unspecified atom stereocenters. The van der Waals surface area contributed by atoms with Gasteiger partial charge in [-0.1, -0.05) is 55.7 Å². The molecular weight excluding hydrogens is 2040 g/mol. The molecule has 0 saturated heterocycles. The molecule has 0 spiro atoms. The fourth-order valence-electron chi connectivity index (χ4n) is 13.4. The van der Waals surface area contributed by atoms with Crippen LogP contribution in [0.3, 0.4) is 0 Å². The normalized spacial score (nSPS) is 12.1. The van der Waals surface area contributed by atoms with Gasteiger partial charge in [-0.15, -0.1) is 15.3 Å². The topological polar surface area (TPSA) is 688 Å². The largest absolute Gasteiger partial charge is 0.490 e. The van der Waals surface area contributed by atoms with Crippen molar-refractivity contribution < 1.29 is 167 Å². The highest BCUT2D eigenvalue weighted by atomic mass is 32.2. The van der Waals surface area contributed by atoms with Gasteiger partial charge in [0.25, 0.3) is 88.5 Å². The number of ether oxygens (including phenoxy) is 12. The number of Topliss-reactive ketones (excluding diaryl/α,β-unsaturated/α-hetero) is 1. The molecule has 0 fully saturated rings. The summed E-state index contributed by atoms with van der Waals surface area (Å²) in [6, 6.07) is 11.4. The number of hydrogen-bond acceptors (Lipinski definition) is 36. The Morgan fingerprint density at radius 3 is 0.694 bits per heavy atom. The fourth-order valence-corrected chi connectivity index (χ4v) is 16.8. The van der Waals surface area contributed by atoms with Gasteiger partial charge in [-0.2, -0.15) is 58.9 Å². The maximum absolute atomic E-state index is 14.0. The molecule has 49 nitrogen and oxygen atoms in total. The van der Waals surface area contributed by atoms with Gasteiger partial charge in [-0.3, -0.25) is 65.1 Å². The Morgan fingerprint density at radius 1 is 0.264 bits per heavy atom. The molecule has 0 saturated carbocycles. The Kier molecular flexibility index (Phi) is 51.6. The monoisotopic (exact) mass is 2170 g/mol. The average molecular weight is 2170 g/mol. The molecule has 0 atom stereocenters. The maximum Gasteiger partial charge on any atom is 0.264 e. The molecule has 0 bridgehead atoms. The number of nitrogens with zero attached hydrogens (tertiary/aromatic N) is 9. The zero-order valence-electron chi connectivity index (χ0n) is 80.7. The van der Waals surface area contributed by atoms with Crippen molar-refractivity contribution in [1.82, 2.24) is 60.9 Å². The van der Waals surface area contributed by atoms with E-state index in [1.54, 1.807) is 44.8 Å². The molecule has 3 heterocycles. The summed E-state index contributed by atoms with van der Waals surface area (Å²) < 4.78 is 303. The van der Waals surface area contributed by atoms with Crippen molar-refractivity contribution in [3.63, 3.8) is 0 Å². The van der Waals surface area contributed by atoms with E-state index in [-0.39, 0.29) is 242 Å². The molecule has 0 aliphatic rings. The Balaban J connectivity index is 0.998. The minimum Gasteiger partial charge on any atom is -0.490 e. The summed E-state index contributed by atoms with van der Waals surface area (Å²) >= 11 is 0. The third kappa shape index (κ3) is 50.0. The minimum atomic E-state index is -4.40. The lowest BCUT2D eigenvalue weighted by molar-refractivity contribution is 0.0943. The van der Waals surface area contributed by atoms with E-state index in [4.69, 9.17) is 56.8 Å². The van der Waals surface area contributed by atoms with E-state index in [2.05, 4.69) is 46.9 Å². The zero-order chi connectivity index (χ0) is 105. The predicted octanol–water partition coefficient (Wildman–Crippen LogP) is 8.45. The lowest BCUT2D eigenvalue weighted by atomic mass is 10.0. The summed E-state index contributed by atoms with van der Waals surface area (Å²) in [7, 11) is -30.5. The fraction of sp³-hybridized carbons (Fsp3) is 0.614. The van der Waals surface area contributed by atoms with Crippen LogP contribution in [0, 0.1) is 0 Å². The predicted molar refractivity (Wildman–Crippen MR) is 522 cm³/mol. The van der Waals surface area contributed by atoms with Crippen molar-refractivity contribution in [1.29, 1.82) is 0 Å². The number of nitrogens with one attached hydrogen (secondary N) is 3. The molecular formula is C88H132N12O37S7. The number of unbranched alkanes of at least 4 members (excludes halogenated alkanes) is 6. The molecule has 0 radical (unpaired) electrons. The second-order valence-electron chi connectivity index (χ2n) is 33.2. The van der Waals surface area contributed by atoms with Crippen LogP contribution < -0.4 is 72.8 Å².